The third-order valence-electron chi connectivity index (χ3n) is 15.4. The highest BCUT2D eigenvalue weighted by Crippen LogP contribution is 2.56. The smallest absolute Gasteiger partial charge is 0.221 e. The molecular formula is C68H36N4OS2. The molecule has 7 heteroatoms. The van der Waals surface area contributed by atoms with Crippen molar-refractivity contribution in [1.29, 1.82) is 5.26 Å². The first kappa shape index (κ1) is 41.8. The quantitative estimate of drug-likeness (QED) is 0.161. The minimum atomic E-state index is 0.367. The topological polar surface area (TPSA) is 51.1 Å². The van der Waals surface area contributed by atoms with Gasteiger partial charge in [-0.2, -0.15) is 5.26 Å². The summed E-state index contributed by atoms with van der Waals surface area (Å²) in [4.78, 5) is 4.73. The number of aromatic nitrogens is 2. The molecule has 75 heavy (non-hydrogen) atoms. The Kier molecular flexibility index (Phi) is 8.85. The Morgan fingerprint density at radius 3 is 1.55 bits per heavy atom. The van der Waals surface area contributed by atoms with Gasteiger partial charge in [0.15, 0.2) is 5.58 Å². The van der Waals surface area contributed by atoms with E-state index in [1.165, 1.54) is 30.9 Å². The predicted octanol–water partition coefficient (Wildman–Crippen LogP) is 19.9. The number of nitrogens with zero attached hydrogens (tertiary/aromatic N) is 4. The van der Waals surface area contributed by atoms with Crippen LogP contribution in [0.25, 0.3) is 155 Å². The van der Waals surface area contributed by atoms with Gasteiger partial charge in [-0.25, -0.2) is 4.85 Å². The van der Waals surface area contributed by atoms with Crippen molar-refractivity contribution in [2.75, 3.05) is 0 Å². The second kappa shape index (κ2) is 15.9. The van der Waals surface area contributed by atoms with Gasteiger partial charge in [0.25, 0.3) is 0 Å². The van der Waals surface area contributed by atoms with Crippen LogP contribution in [0.4, 0.5) is 5.69 Å². The predicted molar refractivity (Wildman–Crippen MR) is 315 cm³/mol. The summed E-state index contributed by atoms with van der Waals surface area (Å²) < 4.78 is 16.4. The molecule has 346 valence electrons. The van der Waals surface area contributed by atoms with Crippen LogP contribution in [-0.2, 0) is 0 Å². The lowest BCUT2D eigenvalue weighted by molar-refractivity contribution is 0.671. The summed E-state index contributed by atoms with van der Waals surface area (Å²) in [7, 11) is 0. The lowest BCUT2D eigenvalue weighted by Gasteiger charge is -2.26. The van der Waals surface area contributed by atoms with Crippen LogP contribution < -0.4 is 0 Å². The number of hydrogen-bond acceptors (Lipinski definition) is 4. The Balaban J connectivity index is 1.19. The van der Waals surface area contributed by atoms with Crippen LogP contribution in [0, 0.1) is 17.9 Å². The van der Waals surface area contributed by atoms with Crippen LogP contribution in [0.5, 0.6) is 0 Å². The van der Waals surface area contributed by atoms with Gasteiger partial charge in [0.1, 0.15) is 11.7 Å². The van der Waals surface area contributed by atoms with Crippen molar-refractivity contribution in [2.24, 2.45) is 0 Å². The van der Waals surface area contributed by atoms with Crippen molar-refractivity contribution in [3.05, 3.63) is 235 Å². The number of furan rings is 1. The molecule has 0 N–H and O–H groups in total. The van der Waals surface area contributed by atoms with Gasteiger partial charge >= 0.3 is 0 Å². The first-order chi connectivity index (χ1) is 37.2. The van der Waals surface area contributed by atoms with E-state index in [0.29, 0.717) is 22.5 Å². The molecule has 5 nitrogen and oxygen atoms in total. The number of benzene rings is 11. The van der Waals surface area contributed by atoms with Crippen LogP contribution in [0.3, 0.4) is 0 Å². The molecule has 0 bridgehead atoms. The fraction of sp³-hybridized carbons (Fsp3) is 0. The largest absolute Gasteiger partial charge is 0.454 e. The lowest BCUT2D eigenvalue weighted by Crippen LogP contribution is -2.08. The third-order valence-corrected chi connectivity index (χ3v) is 17.7. The Labute approximate surface area is 436 Å². The summed E-state index contributed by atoms with van der Waals surface area (Å²) in [5.74, 6) is 0. The number of nitriles is 1. The molecule has 0 radical (unpaired) electrons. The molecule has 0 aliphatic heterocycles. The molecule has 0 aliphatic carbocycles. The van der Waals surface area contributed by atoms with Crippen LogP contribution in [-0.4, -0.2) is 9.13 Å². The third kappa shape index (κ3) is 5.74. The molecule has 0 aliphatic rings. The van der Waals surface area contributed by atoms with Crippen LogP contribution in [0.2, 0.25) is 0 Å². The van der Waals surface area contributed by atoms with E-state index in [-0.39, 0.29) is 0 Å². The highest BCUT2D eigenvalue weighted by molar-refractivity contribution is 7.27. The zero-order valence-electron chi connectivity index (χ0n) is 39.8. The van der Waals surface area contributed by atoms with Crippen molar-refractivity contribution in [2.45, 2.75) is 0 Å². The highest BCUT2D eigenvalue weighted by Gasteiger charge is 2.34. The van der Waals surface area contributed by atoms with E-state index < -0.39 is 0 Å². The molecule has 16 aromatic rings. The van der Waals surface area contributed by atoms with Gasteiger partial charge in [-0.1, -0.05) is 188 Å². The van der Waals surface area contributed by atoms with Crippen molar-refractivity contribution in [1.82, 2.24) is 9.13 Å². The van der Waals surface area contributed by atoms with E-state index in [4.69, 9.17) is 9.26 Å². The van der Waals surface area contributed by atoms with Gasteiger partial charge in [0.2, 0.25) is 5.69 Å². The van der Waals surface area contributed by atoms with Gasteiger partial charge in [-0.05, 0) is 52.6 Å². The SMILES string of the molecule is [C-]#[N+]c1c(-c2ccccc2)c(-n2c3c(ccc4c5ccccc5sc43)c3ccc4c5ccccc5sc4c32)c(-c2ccccc2)c(C#N)c1-n1c2ccccc2c2c(-c3ccccc3)cc3c4ccccc4oc3c21. The number of rotatable bonds is 5. The molecule has 0 atom stereocenters. The normalized spacial score (nSPS) is 12.0. The van der Waals surface area contributed by atoms with Crippen molar-refractivity contribution < 1.29 is 4.42 Å². The molecule has 0 saturated heterocycles. The van der Waals surface area contributed by atoms with Gasteiger partial charge in [0.05, 0.1) is 55.0 Å². The molecule has 16 rings (SSSR count). The first-order valence-corrected chi connectivity index (χ1v) is 26.6. The monoisotopic (exact) mass is 988 g/mol. The maximum Gasteiger partial charge on any atom is 0.221 e. The van der Waals surface area contributed by atoms with E-state index >= 15 is 0 Å². The second-order valence-corrected chi connectivity index (χ2v) is 21.3. The summed E-state index contributed by atoms with van der Waals surface area (Å²) in [6.07, 6.45) is 0. The fourth-order valence-electron chi connectivity index (χ4n) is 12.3. The summed E-state index contributed by atoms with van der Waals surface area (Å²) in [5.41, 5.74) is 12.5. The molecule has 5 aromatic heterocycles. The van der Waals surface area contributed by atoms with E-state index in [2.05, 4.69) is 203 Å². The number of para-hydroxylation sites is 2. The first-order valence-electron chi connectivity index (χ1n) is 24.9. The molecule has 0 amide bonds. The Bertz CT molecular complexity index is 4990. The average Bonchev–Trinajstić information content (AvgIpc) is 4.44. The maximum absolute atomic E-state index is 12.4. The van der Waals surface area contributed by atoms with Crippen LogP contribution >= 0.6 is 22.7 Å². The molecule has 0 fully saturated rings. The minimum absolute atomic E-state index is 0.367. The van der Waals surface area contributed by atoms with Crippen molar-refractivity contribution >= 4 is 134 Å². The summed E-state index contributed by atoms with van der Waals surface area (Å²) in [6.45, 7) is 9.70. The number of fused-ring (bicyclic) bond motifs is 18. The van der Waals surface area contributed by atoms with Gasteiger partial charge in [-0.3, -0.25) is 0 Å². The molecule has 0 spiro atoms. The fourth-order valence-corrected chi connectivity index (χ4v) is 14.8. The molecule has 11 aromatic carbocycles. The van der Waals surface area contributed by atoms with E-state index in [9.17, 15) is 11.8 Å². The minimum Gasteiger partial charge on any atom is -0.454 e. The van der Waals surface area contributed by atoms with E-state index in [1.807, 2.05) is 30.3 Å². The second-order valence-electron chi connectivity index (χ2n) is 19.2. The average molecular weight is 989 g/mol. The van der Waals surface area contributed by atoms with Gasteiger partial charge in [-0.15, -0.1) is 22.7 Å². The molecule has 5 heterocycles. The summed E-state index contributed by atoms with van der Waals surface area (Å²) in [6, 6.07) is 79.4. The lowest BCUT2D eigenvalue weighted by atomic mass is 9.88. The van der Waals surface area contributed by atoms with E-state index in [1.54, 1.807) is 22.7 Å². The molecular weight excluding hydrogens is 953 g/mol. The standard InChI is InChI=1S/C68H36N4OS2/c1-70-60-58(41-23-9-4-10-24-41)64(72-62-45(33-35-47-43-26-13-17-31-55(43)74-67(47)62)46-34-36-48-44-27-14-18-32-56(44)75-68(48)63(46)72)57(40-21-7-3-8-22-40)52(38-69)61(60)71-53-29-15-11-28-49(53)59-50(39-19-5-2-6-20-39)37-51-42-25-12-16-30-54(42)73-66(51)65(59)71/h2-37H. The number of thiophene rings is 2. The number of hydrogen-bond donors (Lipinski definition) is 0. The molecule has 0 unspecified atom stereocenters. The summed E-state index contributed by atoms with van der Waals surface area (Å²) >= 11 is 3.60. The zero-order valence-corrected chi connectivity index (χ0v) is 41.4. The molecule has 0 saturated carbocycles. The highest BCUT2D eigenvalue weighted by atomic mass is 32.1. The van der Waals surface area contributed by atoms with Gasteiger partial charge < -0.3 is 13.6 Å². The van der Waals surface area contributed by atoms with Crippen LogP contribution in [0.1, 0.15) is 5.56 Å². The Morgan fingerprint density at radius 2 is 0.947 bits per heavy atom. The van der Waals surface area contributed by atoms with Crippen LogP contribution in [0.15, 0.2) is 223 Å². The zero-order chi connectivity index (χ0) is 49.5. The summed E-state index contributed by atoms with van der Waals surface area (Å²) in [5, 5.41) is 23.3. The van der Waals surface area contributed by atoms with Crippen molar-refractivity contribution in [3.63, 3.8) is 0 Å². The Morgan fingerprint density at radius 1 is 0.440 bits per heavy atom. The maximum atomic E-state index is 12.4. The van der Waals surface area contributed by atoms with E-state index in [0.717, 1.165) is 108 Å². The Hall–Kier alpha value is -9.76. The van der Waals surface area contributed by atoms with Gasteiger partial charge in [0, 0.05) is 74.4 Å². The van der Waals surface area contributed by atoms with Crippen molar-refractivity contribution in [3.8, 4) is 50.8 Å².